The average Bonchev–Trinajstić information content (AvgIpc) is 3.14. The molecule has 0 saturated carbocycles. The number of likely N-dealkylation sites (tertiary alicyclic amines) is 1. The Hall–Kier alpha value is -2.05. The Morgan fingerprint density at radius 1 is 1.12 bits per heavy atom. The molecule has 6 heteroatoms. The first-order valence-corrected chi connectivity index (χ1v) is 9.11. The third-order valence-corrected chi connectivity index (χ3v) is 5.10. The Morgan fingerprint density at radius 2 is 2.00 bits per heavy atom. The molecule has 25 heavy (non-hydrogen) atoms. The minimum atomic E-state index is 0.249. The monoisotopic (exact) mass is 343 g/mol. The molecule has 1 aromatic carbocycles. The van der Waals surface area contributed by atoms with Gasteiger partial charge in [0, 0.05) is 37.1 Å². The maximum Gasteiger partial charge on any atom is 0.162 e. The van der Waals surface area contributed by atoms with Crippen LogP contribution in [0.15, 0.2) is 30.6 Å². The van der Waals surface area contributed by atoms with Crippen molar-refractivity contribution in [2.45, 2.75) is 31.8 Å². The standard InChI is InChI=1S/C19H25N3O3/c23-14-16-3-1-2-7-21(16)9-10-22-8-6-20-19(22)15-4-5-17-18(13-15)25-12-11-24-17/h4-6,8,13,16,23H,1-3,7,9-12,14H2. The lowest BCUT2D eigenvalue weighted by Crippen LogP contribution is -2.43. The maximum atomic E-state index is 9.58. The highest BCUT2D eigenvalue weighted by Crippen LogP contribution is 2.34. The van der Waals surface area contributed by atoms with Gasteiger partial charge in [-0.2, -0.15) is 0 Å². The van der Waals surface area contributed by atoms with E-state index in [1.165, 1.54) is 12.8 Å². The van der Waals surface area contributed by atoms with Crippen molar-refractivity contribution < 1.29 is 14.6 Å². The van der Waals surface area contributed by atoms with Crippen LogP contribution in [-0.2, 0) is 6.54 Å². The molecular weight excluding hydrogens is 318 g/mol. The Bertz CT molecular complexity index is 716. The molecule has 1 atom stereocenters. The first-order valence-electron chi connectivity index (χ1n) is 9.11. The van der Waals surface area contributed by atoms with Crippen molar-refractivity contribution in [2.75, 3.05) is 32.9 Å². The number of aromatic nitrogens is 2. The zero-order chi connectivity index (χ0) is 17.1. The van der Waals surface area contributed by atoms with Gasteiger partial charge in [-0.1, -0.05) is 6.42 Å². The van der Waals surface area contributed by atoms with Crippen LogP contribution in [0.2, 0.25) is 0 Å². The summed E-state index contributed by atoms with van der Waals surface area (Å²) >= 11 is 0. The van der Waals surface area contributed by atoms with Crippen molar-refractivity contribution in [1.29, 1.82) is 0 Å². The third-order valence-electron chi connectivity index (χ3n) is 5.10. The van der Waals surface area contributed by atoms with E-state index in [-0.39, 0.29) is 6.61 Å². The van der Waals surface area contributed by atoms with E-state index in [1.54, 1.807) is 0 Å². The number of rotatable bonds is 5. The summed E-state index contributed by atoms with van der Waals surface area (Å²) in [6, 6.07) is 6.29. The first kappa shape index (κ1) is 16.4. The fourth-order valence-corrected chi connectivity index (χ4v) is 3.73. The van der Waals surface area contributed by atoms with E-state index in [0.29, 0.717) is 19.3 Å². The maximum absolute atomic E-state index is 9.58. The molecule has 1 N–H and O–H groups in total. The highest BCUT2D eigenvalue weighted by Gasteiger charge is 2.21. The molecule has 0 bridgehead atoms. The topological polar surface area (TPSA) is 59.8 Å². The molecule has 4 rings (SSSR count). The molecule has 0 spiro atoms. The van der Waals surface area contributed by atoms with E-state index in [2.05, 4.69) is 14.5 Å². The van der Waals surface area contributed by atoms with Crippen molar-refractivity contribution in [3.63, 3.8) is 0 Å². The van der Waals surface area contributed by atoms with Crippen LogP contribution in [-0.4, -0.2) is 58.5 Å². The average molecular weight is 343 g/mol. The van der Waals surface area contributed by atoms with E-state index >= 15 is 0 Å². The lowest BCUT2D eigenvalue weighted by atomic mass is 10.0. The van der Waals surface area contributed by atoms with Gasteiger partial charge in [0.05, 0.1) is 6.61 Å². The van der Waals surface area contributed by atoms with Crippen LogP contribution >= 0.6 is 0 Å². The number of piperidine rings is 1. The molecule has 3 heterocycles. The van der Waals surface area contributed by atoms with Gasteiger partial charge in [-0.05, 0) is 37.6 Å². The minimum Gasteiger partial charge on any atom is -0.486 e. The van der Waals surface area contributed by atoms with E-state index in [4.69, 9.17) is 9.47 Å². The molecule has 6 nitrogen and oxygen atoms in total. The molecule has 0 radical (unpaired) electrons. The summed E-state index contributed by atoms with van der Waals surface area (Å²) < 4.78 is 13.5. The number of ether oxygens (including phenoxy) is 2. The Kier molecular flexibility index (Phi) is 4.90. The number of hydrogen-bond acceptors (Lipinski definition) is 5. The summed E-state index contributed by atoms with van der Waals surface area (Å²) in [5.41, 5.74) is 1.03. The SMILES string of the molecule is OCC1CCCCN1CCn1ccnc1-c1ccc2c(c1)OCCO2. The second-order valence-corrected chi connectivity index (χ2v) is 6.67. The van der Waals surface area contributed by atoms with Crippen molar-refractivity contribution in [1.82, 2.24) is 14.5 Å². The zero-order valence-electron chi connectivity index (χ0n) is 14.4. The summed E-state index contributed by atoms with van der Waals surface area (Å²) in [5, 5.41) is 9.58. The lowest BCUT2D eigenvalue weighted by Gasteiger charge is -2.34. The molecule has 2 aromatic rings. The molecule has 2 aliphatic rings. The number of fused-ring (bicyclic) bond motifs is 1. The minimum absolute atomic E-state index is 0.249. The number of aliphatic hydroxyl groups is 1. The summed E-state index contributed by atoms with van der Waals surface area (Å²) in [4.78, 5) is 6.94. The Labute approximate surface area is 148 Å². The van der Waals surface area contributed by atoms with Gasteiger partial charge >= 0.3 is 0 Å². The van der Waals surface area contributed by atoms with Gasteiger partial charge in [-0.15, -0.1) is 0 Å². The highest BCUT2D eigenvalue weighted by atomic mass is 16.6. The second kappa shape index (κ2) is 7.45. The van der Waals surface area contributed by atoms with Gasteiger partial charge < -0.3 is 19.1 Å². The first-order chi connectivity index (χ1) is 12.3. The highest BCUT2D eigenvalue weighted by molar-refractivity contribution is 5.61. The van der Waals surface area contributed by atoms with Crippen LogP contribution in [0.25, 0.3) is 11.4 Å². The van der Waals surface area contributed by atoms with Crippen LogP contribution in [0, 0.1) is 0 Å². The van der Waals surface area contributed by atoms with Gasteiger partial charge in [-0.3, -0.25) is 4.90 Å². The zero-order valence-corrected chi connectivity index (χ0v) is 14.4. The molecule has 0 amide bonds. The van der Waals surface area contributed by atoms with Crippen molar-refractivity contribution in [3.05, 3.63) is 30.6 Å². The molecule has 1 saturated heterocycles. The molecular formula is C19H25N3O3. The number of hydrogen-bond donors (Lipinski definition) is 1. The molecule has 0 aliphatic carbocycles. The van der Waals surface area contributed by atoms with Crippen molar-refractivity contribution >= 4 is 0 Å². The van der Waals surface area contributed by atoms with E-state index in [9.17, 15) is 5.11 Å². The lowest BCUT2D eigenvalue weighted by molar-refractivity contribution is 0.0873. The number of aliphatic hydroxyl groups excluding tert-OH is 1. The molecule has 2 aliphatic heterocycles. The van der Waals surface area contributed by atoms with E-state index in [1.807, 2.05) is 30.6 Å². The molecule has 134 valence electrons. The third kappa shape index (κ3) is 3.50. The van der Waals surface area contributed by atoms with Gasteiger partial charge in [0.1, 0.15) is 19.0 Å². The van der Waals surface area contributed by atoms with Crippen LogP contribution in [0.5, 0.6) is 11.5 Å². The molecule has 1 fully saturated rings. The quantitative estimate of drug-likeness (QED) is 0.902. The summed E-state index contributed by atoms with van der Waals surface area (Å²) in [6.45, 7) is 4.29. The number of imidazole rings is 1. The summed E-state index contributed by atoms with van der Waals surface area (Å²) in [7, 11) is 0. The van der Waals surface area contributed by atoms with Gasteiger partial charge in [0.25, 0.3) is 0 Å². The van der Waals surface area contributed by atoms with Gasteiger partial charge in [-0.25, -0.2) is 4.98 Å². The predicted molar refractivity (Wildman–Crippen MR) is 95.0 cm³/mol. The van der Waals surface area contributed by atoms with Crippen LogP contribution in [0.4, 0.5) is 0 Å². The predicted octanol–water partition coefficient (Wildman–Crippen LogP) is 2.17. The van der Waals surface area contributed by atoms with Crippen molar-refractivity contribution in [2.24, 2.45) is 0 Å². The summed E-state index contributed by atoms with van der Waals surface area (Å²) in [6.07, 6.45) is 7.38. The van der Waals surface area contributed by atoms with Crippen LogP contribution in [0.3, 0.4) is 0 Å². The van der Waals surface area contributed by atoms with Crippen LogP contribution in [0.1, 0.15) is 19.3 Å². The number of benzene rings is 1. The van der Waals surface area contributed by atoms with Gasteiger partial charge in [0.15, 0.2) is 11.5 Å². The van der Waals surface area contributed by atoms with Gasteiger partial charge in [0.2, 0.25) is 0 Å². The summed E-state index contributed by atoms with van der Waals surface area (Å²) in [5.74, 6) is 2.52. The van der Waals surface area contributed by atoms with Crippen LogP contribution < -0.4 is 9.47 Å². The fourth-order valence-electron chi connectivity index (χ4n) is 3.73. The normalized spacial score (nSPS) is 20.6. The Balaban J connectivity index is 1.49. The van der Waals surface area contributed by atoms with E-state index < -0.39 is 0 Å². The second-order valence-electron chi connectivity index (χ2n) is 6.67. The molecule has 1 aromatic heterocycles. The molecule has 1 unspecified atom stereocenters. The Morgan fingerprint density at radius 3 is 2.88 bits per heavy atom. The fraction of sp³-hybridized carbons (Fsp3) is 0.526. The van der Waals surface area contributed by atoms with E-state index in [0.717, 1.165) is 48.9 Å². The smallest absolute Gasteiger partial charge is 0.162 e. The largest absolute Gasteiger partial charge is 0.486 e. The van der Waals surface area contributed by atoms with Crippen molar-refractivity contribution in [3.8, 4) is 22.9 Å². The number of nitrogens with zero attached hydrogens (tertiary/aromatic N) is 3.